The van der Waals surface area contributed by atoms with Crippen molar-refractivity contribution in [3.05, 3.63) is 11.5 Å². The highest BCUT2D eigenvalue weighted by Crippen LogP contribution is 2.27. The third-order valence-electron chi connectivity index (χ3n) is 2.72. The highest BCUT2D eigenvalue weighted by atomic mass is 16.1. The van der Waals surface area contributed by atoms with E-state index in [-0.39, 0.29) is 0 Å². The Morgan fingerprint density at radius 3 is 3.14 bits per heavy atom. The summed E-state index contributed by atoms with van der Waals surface area (Å²) in [7, 11) is 0. The van der Waals surface area contributed by atoms with Crippen molar-refractivity contribution >= 4 is 11.9 Å². The minimum Gasteiger partial charge on any atom is -0.312 e. The van der Waals surface area contributed by atoms with Crippen LogP contribution in [0.15, 0.2) is 4.99 Å². The minimum absolute atomic E-state index is 0.678. The Labute approximate surface area is 82.7 Å². The fraction of sp³-hybridized carbons (Fsp3) is 0.600. The molecule has 1 aliphatic rings. The van der Waals surface area contributed by atoms with Crippen molar-refractivity contribution in [3.63, 3.8) is 0 Å². The van der Waals surface area contributed by atoms with E-state index in [1.807, 2.05) is 11.5 Å². The molecule has 74 valence electrons. The predicted molar refractivity (Wildman–Crippen MR) is 52.2 cm³/mol. The monoisotopic (exact) mass is 191 g/mol. The molecular formula is C10H13N3O. The summed E-state index contributed by atoms with van der Waals surface area (Å²) in [6.45, 7) is 5.01. The molecule has 2 heterocycles. The largest absolute Gasteiger partial charge is 0.312 e. The summed E-state index contributed by atoms with van der Waals surface area (Å²) >= 11 is 0. The molecule has 4 heteroatoms. The number of aliphatic imine (C=N–C) groups is 1. The van der Waals surface area contributed by atoms with Crippen molar-refractivity contribution in [2.24, 2.45) is 10.9 Å². The van der Waals surface area contributed by atoms with Gasteiger partial charge in [-0.15, -0.1) is 4.99 Å². The standard InChI is InChI=1S/C10H13N3O/c1-7-3-4-13-9(5-7)12-8(2)10(13)11-6-14/h7H,3-5H2,1-2H3. The Hall–Kier alpha value is -1.41. The lowest BCUT2D eigenvalue weighted by atomic mass is 10.0. The summed E-state index contributed by atoms with van der Waals surface area (Å²) in [5.74, 6) is 2.41. The van der Waals surface area contributed by atoms with Crippen LogP contribution in [-0.2, 0) is 17.8 Å². The molecule has 0 saturated heterocycles. The van der Waals surface area contributed by atoms with Crippen molar-refractivity contribution in [1.82, 2.24) is 9.55 Å². The number of imidazole rings is 1. The molecule has 4 nitrogen and oxygen atoms in total. The van der Waals surface area contributed by atoms with E-state index >= 15 is 0 Å². The van der Waals surface area contributed by atoms with Crippen LogP contribution in [0.3, 0.4) is 0 Å². The molecule has 1 aliphatic heterocycles. The van der Waals surface area contributed by atoms with Crippen molar-refractivity contribution < 1.29 is 4.79 Å². The van der Waals surface area contributed by atoms with E-state index < -0.39 is 0 Å². The first-order valence-electron chi connectivity index (χ1n) is 4.86. The molecule has 0 aromatic carbocycles. The summed E-state index contributed by atoms with van der Waals surface area (Å²) in [5, 5.41) is 0. The Kier molecular flexibility index (Phi) is 2.22. The molecule has 14 heavy (non-hydrogen) atoms. The molecule has 0 saturated carbocycles. The van der Waals surface area contributed by atoms with Gasteiger partial charge in [-0.1, -0.05) is 6.92 Å². The molecule has 1 aromatic rings. The van der Waals surface area contributed by atoms with Gasteiger partial charge in [-0.25, -0.2) is 9.78 Å². The lowest BCUT2D eigenvalue weighted by molar-refractivity contribution is 0.411. The Balaban J connectivity index is 2.48. The fourth-order valence-electron chi connectivity index (χ4n) is 1.96. The molecule has 1 atom stereocenters. The van der Waals surface area contributed by atoms with Crippen molar-refractivity contribution in [2.45, 2.75) is 33.2 Å². The van der Waals surface area contributed by atoms with Crippen LogP contribution in [0, 0.1) is 12.8 Å². The Morgan fingerprint density at radius 2 is 2.43 bits per heavy atom. The molecule has 1 aromatic heterocycles. The molecule has 0 bridgehead atoms. The second-order valence-corrected chi connectivity index (χ2v) is 3.89. The van der Waals surface area contributed by atoms with Crippen LogP contribution in [-0.4, -0.2) is 15.6 Å². The summed E-state index contributed by atoms with van der Waals surface area (Å²) < 4.78 is 2.03. The molecule has 0 fully saturated rings. The quantitative estimate of drug-likeness (QED) is 0.501. The number of carbonyl (C=O) groups excluding carboxylic acids is 1. The van der Waals surface area contributed by atoms with E-state index in [2.05, 4.69) is 16.9 Å². The number of hydrogen-bond donors (Lipinski definition) is 0. The van der Waals surface area contributed by atoms with Crippen LogP contribution in [0.4, 0.5) is 5.82 Å². The maximum Gasteiger partial charge on any atom is 0.242 e. The van der Waals surface area contributed by atoms with Crippen LogP contribution in [0.5, 0.6) is 0 Å². The van der Waals surface area contributed by atoms with Gasteiger partial charge in [-0.2, -0.15) is 0 Å². The average molecular weight is 191 g/mol. The number of isocyanates is 1. The number of nitrogens with zero attached hydrogens (tertiary/aromatic N) is 3. The van der Waals surface area contributed by atoms with Gasteiger partial charge in [0.15, 0.2) is 5.82 Å². The van der Waals surface area contributed by atoms with Crippen molar-refractivity contribution in [2.75, 3.05) is 0 Å². The third-order valence-corrected chi connectivity index (χ3v) is 2.72. The normalized spacial score (nSPS) is 20.0. The van der Waals surface area contributed by atoms with Gasteiger partial charge in [0, 0.05) is 13.0 Å². The van der Waals surface area contributed by atoms with Gasteiger partial charge in [0.1, 0.15) is 5.82 Å². The van der Waals surface area contributed by atoms with Crippen LogP contribution in [0.2, 0.25) is 0 Å². The molecule has 0 radical (unpaired) electrons. The Morgan fingerprint density at radius 1 is 1.64 bits per heavy atom. The van der Waals surface area contributed by atoms with E-state index in [0.717, 1.165) is 30.9 Å². The molecule has 0 amide bonds. The predicted octanol–water partition coefficient (Wildman–Crippen LogP) is 1.74. The van der Waals surface area contributed by atoms with Gasteiger partial charge in [-0.05, 0) is 19.3 Å². The number of rotatable bonds is 1. The lowest BCUT2D eigenvalue weighted by Crippen LogP contribution is -2.16. The minimum atomic E-state index is 0.678. The van der Waals surface area contributed by atoms with E-state index in [1.54, 1.807) is 6.08 Å². The topological polar surface area (TPSA) is 47.2 Å². The van der Waals surface area contributed by atoms with E-state index in [9.17, 15) is 4.79 Å². The maximum atomic E-state index is 10.2. The van der Waals surface area contributed by atoms with Crippen molar-refractivity contribution in [3.8, 4) is 0 Å². The molecule has 0 aliphatic carbocycles. The van der Waals surface area contributed by atoms with Gasteiger partial charge in [0.25, 0.3) is 0 Å². The van der Waals surface area contributed by atoms with E-state index in [0.29, 0.717) is 11.7 Å². The van der Waals surface area contributed by atoms with Gasteiger partial charge < -0.3 is 4.57 Å². The summed E-state index contributed by atoms with van der Waals surface area (Å²) in [6, 6.07) is 0. The second kappa shape index (κ2) is 3.39. The van der Waals surface area contributed by atoms with Crippen LogP contribution < -0.4 is 0 Å². The molecule has 2 rings (SSSR count). The number of hydrogen-bond acceptors (Lipinski definition) is 3. The zero-order valence-electron chi connectivity index (χ0n) is 8.45. The molecular weight excluding hydrogens is 178 g/mol. The summed E-state index contributed by atoms with van der Waals surface area (Å²) in [5.41, 5.74) is 0.831. The first-order valence-corrected chi connectivity index (χ1v) is 4.86. The zero-order chi connectivity index (χ0) is 10.1. The summed E-state index contributed by atoms with van der Waals surface area (Å²) in [6.07, 6.45) is 3.70. The van der Waals surface area contributed by atoms with Crippen LogP contribution >= 0.6 is 0 Å². The first-order chi connectivity index (χ1) is 6.72. The van der Waals surface area contributed by atoms with Gasteiger partial charge >= 0.3 is 0 Å². The number of aryl methyl sites for hydroxylation is 1. The lowest BCUT2D eigenvalue weighted by Gasteiger charge is -2.19. The van der Waals surface area contributed by atoms with Crippen LogP contribution in [0.25, 0.3) is 0 Å². The van der Waals surface area contributed by atoms with E-state index in [4.69, 9.17) is 0 Å². The Bertz CT molecular complexity index is 402. The van der Waals surface area contributed by atoms with E-state index in [1.165, 1.54) is 0 Å². The first kappa shape index (κ1) is 9.16. The van der Waals surface area contributed by atoms with Crippen LogP contribution in [0.1, 0.15) is 24.9 Å². The highest BCUT2D eigenvalue weighted by Gasteiger charge is 2.20. The van der Waals surface area contributed by atoms with Gasteiger partial charge in [0.2, 0.25) is 6.08 Å². The smallest absolute Gasteiger partial charge is 0.242 e. The fourth-order valence-corrected chi connectivity index (χ4v) is 1.96. The SMILES string of the molecule is Cc1nc2n(c1N=C=O)CCC(C)C2. The molecule has 1 unspecified atom stereocenters. The molecule has 0 N–H and O–H groups in total. The van der Waals surface area contributed by atoms with Gasteiger partial charge in [0.05, 0.1) is 5.69 Å². The van der Waals surface area contributed by atoms with Gasteiger partial charge in [-0.3, -0.25) is 0 Å². The molecule has 0 spiro atoms. The highest BCUT2D eigenvalue weighted by molar-refractivity contribution is 5.48. The average Bonchev–Trinajstić information content (AvgIpc) is 2.43. The summed E-state index contributed by atoms with van der Waals surface area (Å²) in [4.78, 5) is 18.4. The zero-order valence-corrected chi connectivity index (χ0v) is 8.45. The second-order valence-electron chi connectivity index (χ2n) is 3.89. The third kappa shape index (κ3) is 1.38. The maximum absolute atomic E-state index is 10.2. The number of aromatic nitrogens is 2. The number of fused-ring (bicyclic) bond motifs is 1. The van der Waals surface area contributed by atoms with Crippen molar-refractivity contribution in [1.29, 1.82) is 0 Å².